The number of ether oxygens (including phenoxy) is 1. The Hall–Kier alpha value is -0.870. The normalized spacial score (nSPS) is 24.3. The van der Waals surface area contributed by atoms with Crippen molar-refractivity contribution in [1.82, 2.24) is 0 Å². The van der Waals surface area contributed by atoms with Crippen LogP contribution in [-0.2, 0) is 14.6 Å². The van der Waals surface area contributed by atoms with Gasteiger partial charge in [-0.15, -0.1) is 0 Å². The van der Waals surface area contributed by atoms with E-state index in [1.165, 1.54) is 0 Å². The summed E-state index contributed by atoms with van der Waals surface area (Å²) in [5, 5.41) is 0. The second-order valence-corrected chi connectivity index (χ2v) is 7.35. The fourth-order valence-corrected chi connectivity index (χ4v) is 3.97. The van der Waals surface area contributed by atoms with E-state index in [2.05, 4.69) is 6.92 Å². The maximum Gasteiger partial charge on any atom is 0.180 e. The van der Waals surface area contributed by atoms with Crippen molar-refractivity contribution in [2.24, 2.45) is 0 Å². The fourth-order valence-electron chi connectivity index (χ4n) is 2.49. The maximum atomic E-state index is 12.3. The van der Waals surface area contributed by atoms with Gasteiger partial charge in [0.05, 0.1) is 22.9 Å². The fraction of sp³-hybridized carbons (Fsp3) is 0.600. The van der Waals surface area contributed by atoms with Crippen LogP contribution in [0.3, 0.4) is 0 Å². The van der Waals surface area contributed by atoms with E-state index < -0.39 is 9.84 Å². The molecule has 1 aromatic rings. The number of benzene rings is 1. The first kappa shape index (κ1) is 14.5. The van der Waals surface area contributed by atoms with Crippen molar-refractivity contribution in [3.8, 4) is 0 Å². The summed E-state index contributed by atoms with van der Waals surface area (Å²) in [4.78, 5) is 0.403. The molecule has 0 aliphatic carbocycles. The molecule has 2 rings (SSSR count). The van der Waals surface area contributed by atoms with Gasteiger partial charge in [0, 0.05) is 0 Å². The Bertz CT molecular complexity index is 505. The van der Waals surface area contributed by atoms with Gasteiger partial charge in [0.25, 0.3) is 0 Å². The summed E-state index contributed by atoms with van der Waals surface area (Å²) in [7, 11) is -3.23. The molecule has 1 aliphatic heterocycles. The zero-order chi connectivity index (χ0) is 13.9. The standard InChI is InChI=1S/C15H22O3S/c1-3-13-5-4-6-14(18-13)11-19(16,17)15-9-7-12(2)8-10-15/h7-10,13-14H,3-6,11H2,1-2H3/t13-,14-/m0/s1. The van der Waals surface area contributed by atoms with Crippen LogP contribution in [0.2, 0.25) is 0 Å². The largest absolute Gasteiger partial charge is 0.374 e. The van der Waals surface area contributed by atoms with Crippen LogP contribution in [-0.4, -0.2) is 26.4 Å². The monoisotopic (exact) mass is 282 g/mol. The van der Waals surface area contributed by atoms with Crippen molar-refractivity contribution in [2.75, 3.05) is 5.75 Å². The van der Waals surface area contributed by atoms with Crippen LogP contribution in [0.4, 0.5) is 0 Å². The lowest BCUT2D eigenvalue weighted by Crippen LogP contribution is -2.32. The summed E-state index contributed by atoms with van der Waals surface area (Å²) < 4.78 is 30.5. The Balaban J connectivity index is 2.06. The molecule has 2 atom stereocenters. The van der Waals surface area contributed by atoms with E-state index in [0.717, 1.165) is 31.2 Å². The first-order valence-electron chi connectivity index (χ1n) is 6.96. The lowest BCUT2D eigenvalue weighted by atomic mass is 10.0. The number of hydrogen-bond donors (Lipinski definition) is 0. The van der Waals surface area contributed by atoms with Gasteiger partial charge in [-0.05, 0) is 44.7 Å². The number of hydrogen-bond acceptors (Lipinski definition) is 3. The quantitative estimate of drug-likeness (QED) is 0.852. The molecule has 1 aromatic carbocycles. The molecular formula is C15H22O3S. The molecule has 1 fully saturated rings. The highest BCUT2D eigenvalue weighted by Crippen LogP contribution is 2.24. The van der Waals surface area contributed by atoms with Gasteiger partial charge in [-0.1, -0.05) is 24.6 Å². The predicted octanol–water partition coefficient (Wildman–Crippen LogP) is 3.12. The zero-order valence-corrected chi connectivity index (χ0v) is 12.4. The Kier molecular flexibility index (Phi) is 4.63. The molecule has 0 bridgehead atoms. The molecule has 19 heavy (non-hydrogen) atoms. The first-order chi connectivity index (χ1) is 9.01. The molecule has 0 amide bonds. The van der Waals surface area contributed by atoms with Crippen molar-refractivity contribution < 1.29 is 13.2 Å². The van der Waals surface area contributed by atoms with Crippen LogP contribution < -0.4 is 0 Å². The van der Waals surface area contributed by atoms with Gasteiger partial charge >= 0.3 is 0 Å². The van der Waals surface area contributed by atoms with Crippen molar-refractivity contribution in [3.63, 3.8) is 0 Å². The van der Waals surface area contributed by atoms with Gasteiger partial charge in [0.15, 0.2) is 9.84 Å². The molecule has 0 saturated carbocycles. The summed E-state index contributed by atoms with van der Waals surface area (Å²) in [5.74, 6) is 0.104. The van der Waals surface area contributed by atoms with E-state index in [1.54, 1.807) is 12.1 Å². The van der Waals surface area contributed by atoms with Gasteiger partial charge in [0.2, 0.25) is 0 Å². The third-order valence-electron chi connectivity index (χ3n) is 3.68. The molecule has 4 heteroatoms. The lowest BCUT2D eigenvalue weighted by molar-refractivity contribution is -0.0390. The minimum atomic E-state index is -3.23. The molecule has 0 radical (unpaired) electrons. The predicted molar refractivity (Wildman–Crippen MR) is 76.0 cm³/mol. The number of sulfone groups is 1. The van der Waals surface area contributed by atoms with Crippen molar-refractivity contribution >= 4 is 9.84 Å². The second kappa shape index (κ2) is 6.06. The van der Waals surface area contributed by atoms with Crippen LogP contribution in [0.25, 0.3) is 0 Å². The highest BCUT2D eigenvalue weighted by atomic mass is 32.2. The summed E-state index contributed by atoms with van der Waals surface area (Å²) in [6.07, 6.45) is 4.00. The molecule has 1 aliphatic rings. The number of rotatable bonds is 4. The van der Waals surface area contributed by atoms with Gasteiger partial charge in [-0.3, -0.25) is 0 Å². The molecule has 0 N–H and O–H groups in total. The minimum Gasteiger partial charge on any atom is -0.374 e. The average Bonchev–Trinajstić information content (AvgIpc) is 2.39. The third-order valence-corrected chi connectivity index (χ3v) is 5.48. The van der Waals surface area contributed by atoms with Crippen molar-refractivity contribution in [2.45, 2.75) is 56.6 Å². The summed E-state index contributed by atoms with van der Waals surface area (Å²) in [6, 6.07) is 7.04. The van der Waals surface area contributed by atoms with Crippen molar-refractivity contribution in [1.29, 1.82) is 0 Å². The summed E-state index contributed by atoms with van der Waals surface area (Å²) in [5.41, 5.74) is 1.07. The highest BCUT2D eigenvalue weighted by Gasteiger charge is 2.27. The summed E-state index contributed by atoms with van der Waals surface area (Å²) in [6.45, 7) is 4.04. The maximum absolute atomic E-state index is 12.3. The molecule has 0 unspecified atom stereocenters. The van der Waals surface area contributed by atoms with Gasteiger partial charge in [-0.25, -0.2) is 8.42 Å². The van der Waals surface area contributed by atoms with E-state index in [-0.39, 0.29) is 18.0 Å². The van der Waals surface area contributed by atoms with Gasteiger partial charge in [-0.2, -0.15) is 0 Å². The van der Waals surface area contributed by atoms with E-state index in [4.69, 9.17) is 4.74 Å². The zero-order valence-electron chi connectivity index (χ0n) is 11.6. The molecule has 0 aromatic heterocycles. The van der Waals surface area contributed by atoms with E-state index in [0.29, 0.717) is 4.90 Å². The average molecular weight is 282 g/mol. The van der Waals surface area contributed by atoms with Crippen LogP contribution in [0.15, 0.2) is 29.2 Å². The molecular weight excluding hydrogens is 260 g/mol. The minimum absolute atomic E-state index is 0.104. The van der Waals surface area contributed by atoms with E-state index in [1.807, 2.05) is 19.1 Å². The lowest BCUT2D eigenvalue weighted by Gasteiger charge is -2.29. The van der Waals surface area contributed by atoms with Crippen molar-refractivity contribution in [3.05, 3.63) is 29.8 Å². The highest BCUT2D eigenvalue weighted by molar-refractivity contribution is 7.91. The first-order valence-corrected chi connectivity index (χ1v) is 8.61. The van der Waals surface area contributed by atoms with E-state index >= 15 is 0 Å². The topological polar surface area (TPSA) is 43.4 Å². The van der Waals surface area contributed by atoms with E-state index in [9.17, 15) is 8.42 Å². The molecule has 3 nitrogen and oxygen atoms in total. The van der Waals surface area contributed by atoms with Gasteiger partial charge in [0.1, 0.15) is 0 Å². The third kappa shape index (κ3) is 3.80. The molecule has 106 valence electrons. The Morgan fingerprint density at radius 1 is 1.16 bits per heavy atom. The number of aryl methyl sites for hydroxylation is 1. The molecule has 1 saturated heterocycles. The van der Waals surface area contributed by atoms with Crippen LogP contribution in [0.1, 0.15) is 38.2 Å². The Morgan fingerprint density at radius 2 is 1.79 bits per heavy atom. The second-order valence-electron chi connectivity index (χ2n) is 5.31. The van der Waals surface area contributed by atoms with Crippen LogP contribution in [0.5, 0.6) is 0 Å². The Morgan fingerprint density at radius 3 is 2.42 bits per heavy atom. The smallest absolute Gasteiger partial charge is 0.180 e. The SMILES string of the molecule is CC[C@H]1CCC[C@@H](CS(=O)(=O)c2ccc(C)cc2)O1. The Labute approximate surface area is 115 Å². The molecule has 1 heterocycles. The summed E-state index contributed by atoms with van der Waals surface area (Å²) >= 11 is 0. The van der Waals surface area contributed by atoms with Crippen LogP contribution in [0, 0.1) is 6.92 Å². The van der Waals surface area contributed by atoms with Crippen LogP contribution >= 0.6 is 0 Å². The van der Waals surface area contributed by atoms with Gasteiger partial charge < -0.3 is 4.74 Å². The molecule has 0 spiro atoms.